The highest BCUT2D eigenvalue weighted by Crippen LogP contribution is 2.60. The molecule has 2 heterocycles. The number of anilines is 6. The van der Waals surface area contributed by atoms with Gasteiger partial charge in [0.2, 0.25) is 0 Å². The highest BCUT2D eigenvalue weighted by Gasteiger charge is 2.37. The molecule has 0 aliphatic carbocycles. The molecule has 9 rings (SSSR count). The van der Waals surface area contributed by atoms with Crippen LogP contribution in [-0.2, 0) is 12.4 Å². The first-order valence-corrected chi connectivity index (χ1v) is 19.9. The smallest absolute Gasteiger partial charge is 0.308 e. The molecule has 0 radical (unpaired) electrons. The zero-order valence-electron chi connectivity index (χ0n) is 30.5. The van der Waals surface area contributed by atoms with E-state index in [1.165, 1.54) is 12.1 Å². The van der Waals surface area contributed by atoms with Crippen LogP contribution in [0.25, 0.3) is 22.3 Å². The average molecular weight is 803 g/mol. The van der Waals surface area contributed by atoms with Gasteiger partial charge in [0.15, 0.2) is 0 Å². The zero-order valence-corrected chi connectivity index (χ0v) is 32.1. The summed E-state index contributed by atoms with van der Waals surface area (Å²) in [6, 6.07) is 44.0. The number of hydrogen-bond acceptors (Lipinski definition) is 4. The fourth-order valence-corrected chi connectivity index (χ4v) is 9.96. The summed E-state index contributed by atoms with van der Waals surface area (Å²) in [4.78, 5) is 7.99. The lowest BCUT2D eigenvalue weighted by molar-refractivity contribution is -0.138. The van der Waals surface area contributed by atoms with Gasteiger partial charge in [-0.25, -0.2) is 0 Å². The van der Waals surface area contributed by atoms with E-state index in [1.54, 1.807) is 35.7 Å². The van der Waals surface area contributed by atoms with E-state index in [1.807, 2.05) is 117 Å². The van der Waals surface area contributed by atoms with Crippen molar-refractivity contribution in [1.29, 1.82) is 0 Å². The summed E-state index contributed by atoms with van der Waals surface area (Å²) in [7, 11) is 0. The van der Waals surface area contributed by atoms with Crippen molar-refractivity contribution < 1.29 is 26.3 Å². The second-order valence-electron chi connectivity index (χ2n) is 14.1. The molecule has 2 aliphatic heterocycles. The van der Waals surface area contributed by atoms with Crippen molar-refractivity contribution >= 4 is 57.6 Å². The SMILES string of the molecule is CC(C)c1c(-c2cccc(C(F)(F)F)c2)c(N2c3ccccc3Sc3ccccc32)cc(N2c3ccccc3Sc3ccccc32)c1-c1cccc(C(F)(F)F)c1. The lowest BCUT2D eigenvalue weighted by Crippen LogP contribution is -2.20. The van der Waals surface area contributed by atoms with Crippen LogP contribution < -0.4 is 9.80 Å². The van der Waals surface area contributed by atoms with E-state index in [9.17, 15) is 26.3 Å². The third kappa shape index (κ3) is 6.54. The van der Waals surface area contributed by atoms with Crippen LogP contribution in [-0.4, -0.2) is 0 Å². The molecular weight excluding hydrogens is 771 g/mol. The Morgan fingerprint density at radius 1 is 0.404 bits per heavy atom. The number of nitrogens with zero attached hydrogens (tertiary/aromatic N) is 2. The van der Waals surface area contributed by atoms with E-state index in [4.69, 9.17) is 0 Å². The van der Waals surface area contributed by atoms with Crippen LogP contribution in [0.15, 0.2) is 171 Å². The molecule has 7 aromatic carbocycles. The van der Waals surface area contributed by atoms with Crippen LogP contribution in [0.3, 0.4) is 0 Å². The highest BCUT2D eigenvalue weighted by atomic mass is 32.2. The minimum Gasteiger partial charge on any atom is -0.308 e. The Bertz CT molecular complexity index is 2420. The van der Waals surface area contributed by atoms with Gasteiger partial charge >= 0.3 is 12.4 Å². The Morgan fingerprint density at radius 3 is 1.05 bits per heavy atom. The van der Waals surface area contributed by atoms with Gasteiger partial charge in [0.1, 0.15) is 0 Å². The third-order valence-corrected chi connectivity index (χ3v) is 12.5. The number of hydrogen-bond donors (Lipinski definition) is 0. The van der Waals surface area contributed by atoms with Crippen molar-refractivity contribution in [3.05, 3.63) is 168 Å². The molecule has 0 spiro atoms. The molecule has 57 heavy (non-hydrogen) atoms. The molecule has 2 aliphatic rings. The highest BCUT2D eigenvalue weighted by molar-refractivity contribution is 8.00. The first kappa shape index (κ1) is 37.0. The number of para-hydroxylation sites is 4. The zero-order chi connectivity index (χ0) is 39.6. The molecule has 0 fully saturated rings. The van der Waals surface area contributed by atoms with Crippen LogP contribution in [0.5, 0.6) is 0 Å². The molecular formula is C47H32F6N2S2. The number of fused-ring (bicyclic) bond motifs is 4. The van der Waals surface area contributed by atoms with Gasteiger partial charge in [-0.2, -0.15) is 26.3 Å². The Hall–Kier alpha value is -5.58. The Labute approximate surface area is 334 Å². The molecule has 10 heteroatoms. The maximum absolute atomic E-state index is 14.6. The molecule has 0 bridgehead atoms. The van der Waals surface area contributed by atoms with Crippen LogP contribution in [0.4, 0.5) is 60.5 Å². The first-order chi connectivity index (χ1) is 27.4. The second kappa shape index (κ2) is 14.1. The van der Waals surface area contributed by atoms with Gasteiger partial charge < -0.3 is 9.80 Å². The van der Waals surface area contributed by atoms with Crippen LogP contribution in [0.1, 0.15) is 36.5 Å². The Kier molecular flexibility index (Phi) is 9.16. The Balaban J connectivity index is 1.49. The van der Waals surface area contributed by atoms with Gasteiger partial charge in [0.05, 0.1) is 45.3 Å². The number of alkyl halides is 6. The molecule has 284 valence electrons. The topological polar surface area (TPSA) is 6.48 Å². The monoisotopic (exact) mass is 802 g/mol. The summed E-state index contributed by atoms with van der Waals surface area (Å²) in [5, 5.41) is 0. The largest absolute Gasteiger partial charge is 0.416 e. The van der Waals surface area contributed by atoms with E-state index in [0.717, 1.165) is 66.6 Å². The molecule has 0 atom stereocenters. The van der Waals surface area contributed by atoms with Gasteiger partial charge in [0, 0.05) is 30.7 Å². The van der Waals surface area contributed by atoms with E-state index >= 15 is 0 Å². The maximum atomic E-state index is 14.6. The van der Waals surface area contributed by atoms with Crippen LogP contribution in [0, 0.1) is 0 Å². The molecule has 0 saturated heterocycles. The first-order valence-electron chi connectivity index (χ1n) is 18.3. The summed E-state index contributed by atoms with van der Waals surface area (Å²) >= 11 is 3.21. The quantitative estimate of drug-likeness (QED) is 0.160. The minimum atomic E-state index is -4.64. The van der Waals surface area contributed by atoms with Crippen molar-refractivity contribution in [1.82, 2.24) is 0 Å². The van der Waals surface area contributed by atoms with Crippen molar-refractivity contribution in [2.24, 2.45) is 0 Å². The van der Waals surface area contributed by atoms with E-state index in [-0.39, 0.29) is 5.92 Å². The van der Waals surface area contributed by atoms with Crippen molar-refractivity contribution in [3.8, 4) is 22.3 Å². The second-order valence-corrected chi connectivity index (χ2v) is 16.3. The molecule has 7 aromatic rings. The minimum absolute atomic E-state index is 0.298. The molecule has 0 aromatic heterocycles. The number of halogens is 6. The summed E-state index contributed by atoms with van der Waals surface area (Å²) in [5.74, 6) is -0.382. The fraction of sp³-hybridized carbons (Fsp3) is 0.106. The maximum Gasteiger partial charge on any atom is 0.416 e. The summed E-state index contributed by atoms with van der Waals surface area (Å²) < 4.78 is 87.3. The molecule has 0 N–H and O–H groups in total. The van der Waals surface area contributed by atoms with E-state index < -0.39 is 23.5 Å². The number of benzene rings is 7. The molecule has 0 amide bonds. The Morgan fingerprint density at radius 2 is 0.737 bits per heavy atom. The summed E-state index contributed by atoms with van der Waals surface area (Å²) in [6.45, 7) is 3.89. The molecule has 0 unspecified atom stereocenters. The van der Waals surface area contributed by atoms with Crippen LogP contribution in [0.2, 0.25) is 0 Å². The van der Waals surface area contributed by atoms with Gasteiger partial charge in [0.25, 0.3) is 0 Å². The van der Waals surface area contributed by atoms with E-state index in [0.29, 0.717) is 39.2 Å². The normalized spacial score (nSPS) is 13.6. The molecule has 2 nitrogen and oxygen atoms in total. The average Bonchev–Trinajstić information content (AvgIpc) is 3.20. The standard InChI is InChI=1S/C47H32F6N2S2/c1-28(2)43-44(29-13-11-15-31(25-29)46(48,49)50)37(54-33-17-3-7-21-39(33)56-40-22-8-4-18-34(40)54)27-38(45(43)30-14-12-16-32(26-30)47(51,52)53)55-35-19-5-9-23-41(35)57-42-24-10-6-20-36(42)55/h3-28H,1-2H3. The summed E-state index contributed by atoms with van der Waals surface area (Å²) in [6.07, 6.45) is -9.28. The predicted octanol–water partition coefficient (Wildman–Crippen LogP) is 16.1. The lowest BCUT2D eigenvalue weighted by atomic mass is 9.82. The fourth-order valence-electron chi connectivity index (χ4n) is 7.84. The van der Waals surface area contributed by atoms with Gasteiger partial charge in [-0.15, -0.1) is 0 Å². The molecule has 0 saturated carbocycles. The van der Waals surface area contributed by atoms with Crippen LogP contribution >= 0.6 is 23.5 Å². The third-order valence-electron chi connectivity index (χ3n) is 10.2. The van der Waals surface area contributed by atoms with Crippen molar-refractivity contribution in [2.75, 3.05) is 9.80 Å². The van der Waals surface area contributed by atoms with Gasteiger partial charge in [-0.1, -0.05) is 110 Å². The van der Waals surface area contributed by atoms with E-state index in [2.05, 4.69) is 9.80 Å². The lowest BCUT2D eigenvalue weighted by Gasteiger charge is -2.39. The summed E-state index contributed by atoms with van der Waals surface area (Å²) in [5.41, 5.74) is 5.07. The predicted molar refractivity (Wildman–Crippen MR) is 219 cm³/mol. The van der Waals surface area contributed by atoms with Gasteiger partial charge in [-0.3, -0.25) is 0 Å². The van der Waals surface area contributed by atoms with Crippen molar-refractivity contribution in [2.45, 2.75) is 51.7 Å². The van der Waals surface area contributed by atoms with Gasteiger partial charge in [-0.05, 0) is 101 Å². The number of rotatable bonds is 5. The van der Waals surface area contributed by atoms with Crippen molar-refractivity contribution in [3.63, 3.8) is 0 Å².